The van der Waals surface area contributed by atoms with Crippen LogP contribution >= 0.6 is 11.6 Å². The summed E-state index contributed by atoms with van der Waals surface area (Å²) >= 11 is 5.99. The van der Waals surface area contributed by atoms with E-state index in [4.69, 9.17) is 11.6 Å². The Bertz CT molecular complexity index is 685. The van der Waals surface area contributed by atoms with Crippen LogP contribution in [0, 0.1) is 0 Å². The minimum absolute atomic E-state index is 0.0655. The van der Waals surface area contributed by atoms with Crippen molar-refractivity contribution < 1.29 is 4.79 Å². The summed E-state index contributed by atoms with van der Waals surface area (Å²) in [5, 5.41) is 7.85. The molecule has 24 heavy (non-hydrogen) atoms. The van der Waals surface area contributed by atoms with E-state index < -0.39 is 0 Å². The highest BCUT2D eigenvalue weighted by atomic mass is 35.5. The molecule has 3 rings (SSSR count). The molecule has 1 N–H and O–H groups in total. The number of nitrogens with zero attached hydrogens (tertiary/aromatic N) is 4. The lowest BCUT2D eigenvalue weighted by Gasteiger charge is -2.30. The molecule has 7 heteroatoms. The average molecular weight is 348 g/mol. The van der Waals surface area contributed by atoms with Gasteiger partial charge in [-0.2, -0.15) is 5.10 Å². The first kappa shape index (κ1) is 16.8. The van der Waals surface area contributed by atoms with Gasteiger partial charge in [0.05, 0.1) is 12.6 Å². The van der Waals surface area contributed by atoms with E-state index in [0.29, 0.717) is 17.4 Å². The average Bonchev–Trinajstić information content (AvgIpc) is 2.84. The first-order valence-electron chi connectivity index (χ1n) is 8.28. The molecular formula is C17H22ClN5O. The zero-order valence-corrected chi connectivity index (χ0v) is 14.5. The third kappa shape index (κ3) is 4.06. The van der Waals surface area contributed by atoms with Gasteiger partial charge in [-0.3, -0.25) is 4.68 Å². The highest BCUT2D eigenvalue weighted by Gasteiger charge is 2.26. The summed E-state index contributed by atoms with van der Waals surface area (Å²) in [5.41, 5.74) is 1.13. The molecule has 0 saturated carbocycles. The van der Waals surface area contributed by atoms with Crippen LogP contribution in [-0.2, 0) is 13.6 Å². The van der Waals surface area contributed by atoms with Crippen LogP contribution in [0.1, 0.15) is 43.1 Å². The lowest BCUT2D eigenvalue weighted by atomic mass is 10.0. The lowest BCUT2D eigenvalue weighted by Crippen LogP contribution is -2.42. The summed E-state index contributed by atoms with van der Waals surface area (Å²) in [6.45, 7) is 1.10. The lowest BCUT2D eigenvalue weighted by molar-refractivity contribution is 0.175. The Morgan fingerprint density at radius 2 is 2.08 bits per heavy atom. The minimum Gasteiger partial charge on any atom is -0.331 e. The van der Waals surface area contributed by atoms with Gasteiger partial charge in [0.1, 0.15) is 6.33 Å². The van der Waals surface area contributed by atoms with Crippen LogP contribution < -0.4 is 5.32 Å². The zero-order valence-electron chi connectivity index (χ0n) is 13.8. The topological polar surface area (TPSA) is 63.1 Å². The molecule has 128 valence electrons. The molecule has 0 radical (unpaired) electrons. The monoisotopic (exact) mass is 347 g/mol. The standard InChI is InChI=1S/C17H22ClN5O/c1-22-12-20-16(21-22)11-19-17(24)23-10-4-2-3-5-15(23)13-6-8-14(18)9-7-13/h6-9,12,15H,2-5,10-11H2,1H3,(H,19,24)/t15-/m1/s1. The molecular weight excluding hydrogens is 326 g/mol. The zero-order chi connectivity index (χ0) is 16.9. The van der Waals surface area contributed by atoms with Gasteiger partial charge in [-0.25, -0.2) is 9.78 Å². The van der Waals surface area contributed by atoms with Gasteiger partial charge in [-0.05, 0) is 30.5 Å². The number of hydrogen-bond donors (Lipinski definition) is 1. The summed E-state index contributed by atoms with van der Waals surface area (Å²) < 4.78 is 1.63. The quantitative estimate of drug-likeness (QED) is 0.926. The number of carbonyl (C=O) groups excluding carboxylic acids is 1. The third-order valence-electron chi connectivity index (χ3n) is 4.31. The maximum Gasteiger partial charge on any atom is 0.318 e. The van der Waals surface area contributed by atoms with E-state index in [1.807, 2.05) is 36.2 Å². The highest BCUT2D eigenvalue weighted by Crippen LogP contribution is 2.30. The first-order chi connectivity index (χ1) is 11.6. The van der Waals surface area contributed by atoms with Gasteiger partial charge < -0.3 is 10.2 Å². The number of likely N-dealkylation sites (tertiary alicyclic amines) is 1. The number of benzene rings is 1. The van der Waals surface area contributed by atoms with Crippen LogP contribution in [0.3, 0.4) is 0 Å². The normalized spacial score (nSPS) is 18.2. The number of aromatic nitrogens is 3. The van der Waals surface area contributed by atoms with Crippen molar-refractivity contribution in [1.82, 2.24) is 25.0 Å². The van der Waals surface area contributed by atoms with Crippen molar-refractivity contribution in [3.8, 4) is 0 Å². The molecule has 1 aliphatic rings. The summed E-state index contributed by atoms with van der Waals surface area (Å²) in [6.07, 6.45) is 5.90. The second-order valence-electron chi connectivity index (χ2n) is 6.10. The minimum atomic E-state index is -0.0655. The molecule has 0 unspecified atom stereocenters. The fourth-order valence-corrected chi connectivity index (χ4v) is 3.23. The Morgan fingerprint density at radius 3 is 2.79 bits per heavy atom. The van der Waals surface area contributed by atoms with Gasteiger partial charge in [0.2, 0.25) is 0 Å². The molecule has 1 saturated heterocycles. The first-order valence-corrected chi connectivity index (χ1v) is 8.66. The van der Waals surface area contributed by atoms with Crippen LogP contribution in [-0.4, -0.2) is 32.2 Å². The van der Waals surface area contributed by atoms with Crippen molar-refractivity contribution >= 4 is 17.6 Å². The summed E-state index contributed by atoms with van der Waals surface area (Å²) in [4.78, 5) is 18.8. The molecule has 2 aromatic rings. The van der Waals surface area contributed by atoms with E-state index in [1.54, 1.807) is 11.0 Å². The summed E-state index contributed by atoms with van der Waals surface area (Å²) in [6, 6.07) is 7.81. The van der Waals surface area contributed by atoms with Crippen molar-refractivity contribution in [2.75, 3.05) is 6.54 Å². The van der Waals surface area contributed by atoms with Crippen molar-refractivity contribution in [3.05, 3.63) is 47.0 Å². The van der Waals surface area contributed by atoms with E-state index in [1.165, 1.54) is 0 Å². The molecule has 2 amide bonds. The van der Waals surface area contributed by atoms with Crippen LogP contribution in [0.4, 0.5) is 4.79 Å². The molecule has 1 fully saturated rings. The number of urea groups is 1. The Hall–Kier alpha value is -2.08. The summed E-state index contributed by atoms with van der Waals surface area (Å²) in [5.74, 6) is 0.615. The van der Waals surface area contributed by atoms with E-state index in [9.17, 15) is 4.79 Å². The summed E-state index contributed by atoms with van der Waals surface area (Å²) in [7, 11) is 1.81. The SMILES string of the molecule is Cn1cnc(CNC(=O)N2CCCCC[C@@H]2c2ccc(Cl)cc2)n1. The maximum atomic E-state index is 12.7. The largest absolute Gasteiger partial charge is 0.331 e. The van der Waals surface area contributed by atoms with Gasteiger partial charge in [0, 0.05) is 18.6 Å². The van der Waals surface area contributed by atoms with Gasteiger partial charge in [-0.1, -0.05) is 36.6 Å². The van der Waals surface area contributed by atoms with Gasteiger partial charge in [-0.15, -0.1) is 0 Å². The van der Waals surface area contributed by atoms with Crippen LogP contribution in [0.5, 0.6) is 0 Å². The van der Waals surface area contributed by atoms with Crippen molar-refractivity contribution in [2.45, 2.75) is 38.3 Å². The van der Waals surface area contributed by atoms with Gasteiger partial charge in [0.25, 0.3) is 0 Å². The fourth-order valence-electron chi connectivity index (χ4n) is 3.10. The van der Waals surface area contributed by atoms with Gasteiger partial charge in [0.15, 0.2) is 5.82 Å². The Kier molecular flexibility index (Phi) is 5.35. The van der Waals surface area contributed by atoms with Gasteiger partial charge >= 0.3 is 6.03 Å². The number of halogens is 1. The predicted octanol–water partition coefficient (Wildman–Crippen LogP) is 3.30. The Balaban J connectivity index is 1.71. The molecule has 1 aliphatic heterocycles. The van der Waals surface area contributed by atoms with Crippen LogP contribution in [0.15, 0.2) is 30.6 Å². The van der Waals surface area contributed by atoms with E-state index in [2.05, 4.69) is 15.4 Å². The molecule has 0 aliphatic carbocycles. The number of aryl methyl sites for hydroxylation is 1. The number of nitrogens with one attached hydrogen (secondary N) is 1. The number of carbonyl (C=O) groups is 1. The Labute approximate surface area is 146 Å². The van der Waals surface area contributed by atoms with E-state index in [-0.39, 0.29) is 12.1 Å². The molecule has 0 spiro atoms. The molecule has 0 bridgehead atoms. The number of hydrogen-bond acceptors (Lipinski definition) is 3. The van der Waals surface area contributed by atoms with Crippen molar-refractivity contribution in [3.63, 3.8) is 0 Å². The fraction of sp³-hybridized carbons (Fsp3) is 0.471. The smallest absolute Gasteiger partial charge is 0.318 e. The van der Waals surface area contributed by atoms with E-state index >= 15 is 0 Å². The molecule has 2 heterocycles. The van der Waals surface area contributed by atoms with Crippen molar-refractivity contribution in [1.29, 1.82) is 0 Å². The number of rotatable bonds is 3. The molecule has 1 aromatic carbocycles. The van der Waals surface area contributed by atoms with Crippen LogP contribution in [0.2, 0.25) is 5.02 Å². The third-order valence-corrected chi connectivity index (χ3v) is 4.57. The second-order valence-corrected chi connectivity index (χ2v) is 6.54. The number of amides is 2. The molecule has 6 nitrogen and oxygen atoms in total. The highest BCUT2D eigenvalue weighted by molar-refractivity contribution is 6.30. The molecule has 1 aromatic heterocycles. The Morgan fingerprint density at radius 1 is 1.29 bits per heavy atom. The molecule has 1 atom stereocenters. The second kappa shape index (κ2) is 7.66. The maximum absolute atomic E-state index is 12.7. The van der Waals surface area contributed by atoms with E-state index in [0.717, 1.165) is 37.8 Å². The van der Waals surface area contributed by atoms with Crippen molar-refractivity contribution in [2.24, 2.45) is 7.05 Å². The predicted molar refractivity (Wildman–Crippen MR) is 92.6 cm³/mol. The van der Waals surface area contributed by atoms with Crippen LogP contribution in [0.25, 0.3) is 0 Å².